The molecule has 0 atom stereocenters. The highest BCUT2D eigenvalue weighted by Gasteiger charge is 2.31. The van der Waals surface area contributed by atoms with E-state index >= 15 is 0 Å². The Bertz CT molecular complexity index is 875. The zero-order valence-corrected chi connectivity index (χ0v) is 12.9. The minimum Gasteiger partial charge on any atom is -0.489 e. The summed E-state index contributed by atoms with van der Waals surface area (Å²) in [5.41, 5.74) is 0.519. The van der Waals surface area contributed by atoms with Crippen LogP contribution in [0.1, 0.15) is 5.56 Å². The van der Waals surface area contributed by atoms with Crippen LogP contribution in [0.25, 0.3) is 0 Å². The van der Waals surface area contributed by atoms with Gasteiger partial charge in [-0.1, -0.05) is 23.7 Å². The summed E-state index contributed by atoms with van der Waals surface area (Å²) >= 11 is 5.90. The van der Waals surface area contributed by atoms with Gasteiger partial charge < -0.3 is 4.74 Å². The van der Waals surface area contributed by atoms with E-state index in [1.165, 1.54) is 22.5 Å². The van der Waals surface area contributed by atoms with Crippen LogP contribution in [-0.2, 0) is 10.0 Å². The monoisotopic (exact) mass is 334 g/mol. The fraction of sp³-hybridized carbons (Fsp3) is 0.133. The molecule has 2 aromatic rings. The Kier molecular flexibility index (Phi) is 3.69. The first-order chi connectivity index (χ1) is 10.5. The Morgan fingerprint density at radius 2 is 2.00 bits per heavy atom. The van der Waals surface area contributed by atoms with Crippen molar-refractivity contribution >= 4 is 27.3 Å². The fourth-order valence-corrected chi connectivity index (χ4v) is 4.18. The summed E-state index contributed by atoms with van der Waals surface area (Å²) in [5.74, 6) is 0.498. The van der Waals surface area contributed by atoms with Crippen molar-refractivity contribution in [1.82, 2.24) is 0 Å². The number of para-hydroxylation sites is 2. The maximum atomic E-state index is 12.9. The number of sulfonamides is 1. The van der Waals surface area contributed by atoms with Gasteiger partial charge in [0.25, 0.3) is 10.0 Å². The molecule has 0 aliphatic carbocycles. The molecule has 1 heterocycles. The lowest BCUT2D eigenvalue weighted by atomic mass is 10.2. The third kappa shape index (κ3) is 2.39. The number of fused-ring (bicyclic) bond motifs is 1. The van der Waals surface area contributed by atoms with E-state index in [4.69, 9.17) is 21.6 Å². The van der Waals surface area contributed by atoms with Crippen molar-refractivity contribution < 1.29 is 13.2 Å². The third-order valence-electron chi connectivity index (χ3n) is 3.32. The molecule has 0 fully saturated rings. The molecular weight excluding hydrogens is 324 g/mol. The molecule has 7 heteroatoms. The number of hydrogen-bond donors (Lipinski definition) is 0. The minimum atomic E-state index is -3.89. The van der Waals surface area contributed by atoms with Crippen LogP contribution in [0.15, 0.2) is 47.4 Å². The molecule has 5 nitrogen and oxygen atoms in total. The van der Waals surface area contributed by atoms with Gasteiger partial charge in [-0.25, -0.2) is 8.42 Å². The lowest BCUT2D eigenvalue weighted by molar-refractivity contribution is 0.316. The van der Waals surface area contributed by atoms with E-state index in [-0.39, 0.29) is 28.6 Å². The number of nitrogens with zero attached hydrogens (tertiary/aromatic N) is 2. The number of rotatable bonds is 2. The Morgan fingerprint density at radius 3 is 2.77 bits per heavy atom. The number of benzene rings is 2. The van der Waals surface area contributed by atoms with Gasteiger partial charge in [0, 0.05) is 5.02 Å². The van der Waals surface area contributed by atoms with E-state index in [1.807, 2.05) is 6.07 Å². The maximum absolute atomic E-state index is 12.9. The second-order valence-electron chi connectivity index (χ2n) is 4.65. The molecule has 0 N–H and O–H groups in total. The number of nitriles is 1. The van der Waals surface area contributed by atoms with E-state index < -0.39 is 10.0 Å². The van der Waals surface area contributed by atoms with Crippen LogP contribution in [-0.4, -0.2) is 21.6 Å². The summed E-state index contributed by atoms with van der Waals surface area (Å²) < 4.78 is 32.6. The second-order valence-corrected chi connectivity index (χ2v) is 6.91. The fourth-order valence-electron chi connectivity index (χ4n) is 2.31. The first kappa shape index (κ1) is 14.7. The van der Waals surface area contributed by atoms with Crippen LogP contribution in [0.5, 0.6) is 5.75 Å². The van der Waals surface area contributed by atoms with Crippen LogP contribution in [0.3, 0.4) is 0 Å². The molecular formula is C15H11ClN2O3S. The molecule has 0 bridgehead atoms. The van der Waals surface area contributed by atoms with E-state index in [0.717, 1.165) is 0 Å². The quantitative estimate of drug-likeness (QED) is 0.846. The van der Waals surface area contributed by atoms with Crippen molar-refractivity contribution in [2.75, 3.05) is 17.5 Å². The normalized spacial score (nSPS) is 13.9. The average Bonchev–Trinajstić information content (AvgIpc) is 2.54. The molecule has 2 aromatic carbocycles. The highest BCUT2D eigenvalue weighted by molar-refractivity contribution is 7.93. The van der Waals surface area contributed by atoms with E-state index in [0.29, 0.717) is 11.4 Å². The van der Waals surface area contributed by atoms with Gasteiger partial charge in [0.2, 0.25) is 0 Å². The van der Waals surface area contributed by atoms with Gasteiger partial charge in [0.05, 0.1) is 17.8 Å². The molecule has 1 aliphatic heterocycles. The highest BCUT2D eigenvalue weighted by atomic mass is 35.5. The average molecular weight is 335 g/mol. The van der Waals surface area contributed by atoms with Crippen molar-refractivity contribution in [3.63, 3.8) is 0 Å². The van der Waals surface area contributed by atoms with Gasteiger partial charge >= 0.3 is 0 Å². The van der Waals surface area contributed by atoms with Crippen molar-refractivity contribution in [3.8, 4) is 11.8 Å². The Labute approximate surface area is 133 Å². The molecule has 3 rings (SSSR count). The topological polar surface area (TPSA) is 70.4 Å². The summed E-state index contributed by atoms with van der Waals surface area (Å²) in [6.45, 7) is 0.426. The molecule has 0 saturated heterocycles. The molecule has 0 unspecified atom stereocenters. The van der Waals surface area contributed by atoms with Crippen LogP contribution in [0.4, 0.5) is 5.69 Å². The predicted molar refractivity (Wildman–Crippen MR) is 82.6 cm³/mol. The van der Waals surface area contributed by atoms with Crippen molar-refractivity contribution in [2.45, 2.75) is 4.90 Å². The van der Waals surface area contributed by atoms with Gasteiger partial charge in [-0.15, -0.1) is 0 Å². The largest absolute Gasteiger partial charge is 0.489 e. The van der Waals surface area contributed by atoms with Gasteiger partial charge in [-0.3, -0.25) is 4.31 Å². The lowest BCUT2D eigenvalue weighted by Crippen LogP contribution is -2.38. The number of ether oxygens (including phenoxy) is 1. The molecule has 0 amide bonds. The van der Waals surface area contributed by atoms with Crippen molar-refractivity contribution in [3.05, 3.63) is 53.1 Å². The first-order valence-electron chi connectivity index (χ1n) is 6.48. The Hall–Kier alpha value is -2.23. The molecule has 1 aliphatic rings. The standard InChI is InChI=1S/C15H11ClN2O3S/c16-12-6-5-11(10-17)15(9-12)22(19,20)18-7-8-21-14-4-2-1-3-13(14)18/h1-6,9H,7-8H2. The molecule has 112 valence electrons. The number of hydrogen-bond acceptors (Lipinski definition) is 4. The van der Waals surface area contributed by atoms with E-state index in [2.05, 4.69) is 0 Å². The minimum absolute atomic E-state index is 0.0633. The Morgan fingerprint density at radius 1 is 1.23 bits per heavy atom. The summed E-state index contributed by atoms with van der Waals surface area (Å²) in [4.78, 5) is -0.0980. The van der Waals surface area contributed by atoms with Gasteiger partial charge in [-0.05, 0) is 30.3 Å². The molecule has 0 radical (unpaired) electrons. The van der Waals surface area contributed by atoms with Gasteiger partial charge in [-0.2, -0.15) is 5.26 Å². The summed E-state index contributed by atoms with van der Waals surface area (Å²) in [6, 6.07) is 13.0. The second kappa shape index (κ2) is 5.52. The molecule has 22 heavy (non-hydrogen) atoms. The van der Waals surface area contributed by atoms with Crippen LogP contribution in [0, 0.1) is 11.3 Å². The zero-order valence-electron chi connectivity index (χ0n) is 11.4. The van der Waals surface area contributed by atoms with Crippen LogP contribution < -0.4 is 9.04 Å². The van der Waals surface area contributed by atoms with Crippen molar-refractivity contribution in [1.29, 1.82) is 5.26 Å². The molecule has 0 spiro atoms. The number of anilines is 1. The highest BCUT2D eigenvalue weighted by Crippen LogP contribution is 2.35. The van der Waals surface area contributed by atoms with Crippen molar-refractivity contribution in [2.24, 2.45) is 0 Å². The first-order valence-corrected chi connectivity index (χ1v) is 8.30. The summed E-state index contributed by atoms with van der Waals surface area (Å²) in [6.07, 6.45) is 0. The SMILES string of the molecule is N#Cc1ccc(Cl)cc1S(=O)(=O)N1CCOc2ccccc21. The predicted octanol–water partition coefficient (Wildman–Crippen LogP) is 2.80. The third-order valence-corrected chi connectivity index (χ3v) is 5.41. The number of halogens is 1. The summed E-state index contributed by atoms with van der Waals surface area (Å²) in [7, 11) is -3.89. The smallest absolute Gasteiger partial charge is 0.265 e. The van der Waals surface area contributed by atoms with E-state index in [1.54, 1.807) is 24.3 Å². The van der Waals surface area contributed by atoms with Crippen LogP contribution in [0.2, 0.25) is 5.02 Å². The zero-order chi connectivity index (χ0) is 15.7. The Balaban J connectivity index is 2.17. The maximum Gasteiger partial charge on any atom is 0.265 e. The van der Waals surface area contributed by atoms with Crippen LogP contribution >= 0.6 is 11.6 Å². The van der Waals surface area contributed by atoms with E-state index in [9.17, 15) is 8.42 Å². The van der Waals surface area contributed by atoms with Gasteiger partial charge in [0.1, 0.15) is 23.3 Å². The van der Waals surface area contributed by atoms with Gasteiger partial charge in [0.15, 0.2) is 0 Å². The summed E-state index contributed by atoms with van der Waals surface area (Å²) in [5, 5.41) is 9.43. The molecule has 0 saturated carbocycles. The lowest BCUT2D eigenvalue weighted by Gasteiger charge is -2.30. The molecule has 0 aromatic heterocycles.